The van der Waals surface area contributed by atoms with Crippen LogP contribution in [0.5, 0.6) is 0 Å². The second kappa shape index (κ2) is 8.07. The minimum atomic E-state index is -0.356. The van der Waals surface area contributed by atoms with E-state index in [1.54, 1.807) is 22.8 Å². The van der Waals surface area contributed by atoms with Crippen molar-refractivity contribution >= 4 is 28.6 Å². The lowest BCUT2D eigenvalue weighted by molar-refractivity contribution is -0.123. The smallest absolute Gasteiger partial charge is 0.408 e. The second-order valence-electron chi connectivity index (χ2n) is 7.78. The van der Waals surface area contributed by atoms with Crippen molar-refractivity contribution in [2.75, 3.05) is 19.6 Å². The molecule has 0 bridgehead atoms. The predicted octanol–water partition coefficient (Wildman–Crippen LogP) is 3.33. The van der Waals surface area contributed by atoms with Gasteiger partial charge in [0.25, 0.3) is 0 Å². The molecule has 1 aliphatic carbocycles. The van der Waals surface area contributed by atoms with E-state index in [0.29, 0.717) is 29.7 Å². The fourth-order valence-corrected chi connectivity index (χ4v) is 4.63. The molecule has 146 valence electrons. The minimum absolute atomic E-state index is 0.00607. The van der Waals surface area contributed by atoms with Crippen LogP contribution >= 0.6 is 11.6 Å². The van der Waals surface area contributed by atoms with Crippen molar-refractivity contribution in [2.45, 2.75) is 57.0 Å². The molecular formula is C20H26ClN3O3. The van der Waals surface area contributed by atoms with Gasteiger partial charge in [0, 0.05) is 17.6 Å². The van der Waals surface area contributed by atoms with Gasteiger partial charge >= 0.3 is 5.76 Å². The van der Waals surface area contributed by atoms with Gasteiger partial charge in [-0.15, -0.1) is 0 Å². The van der Waals surface area contributed by atoms with E-state index in [1.807, 2.05) is 0 Å². The highest BCUT2D eigenvalue weighted by Gasteiger charge is 2.27. The predicted molar refractivity (Wildman–Crippen MR) is 105 cm³/mol. The van der Waals surface area contributed by atoms with Gasteiger partial charge in [-0.25, -0.2) is 4.79 Å². The highest BCUT2D eigenvalue weighted by molar-refractivity contribution is 6.31. The summed E-state index contributed by atoms with van der Waals surface area (Å²) >= 11 is 6.11. The van der Waals surface area contributed by atoms with E-state index in [-0.39, 0.29) is 17.7 Å². The van der Waals surface area contributed by atoms with E-state index in [4.69, 9.17) is 16.0 Å². The van der Waals surface area contributed by atoms with Crippen LogP contribution in [0.4, 0.5) is 0 Å². The van der Waals surface area contributed by atoms with Gasteiger partial charge in [0.2, 0.25) is 5.91 Å². The third-order valence-electron chi connectivity index (χ3n) is 5.76. The first-order valence-electron chi connectivity index (χ1n) is 9.92. The summed E-state index contributed by atoms with van der Waals surface area (Å²) in [7, 11) is 0. The Hall–Kier alpha value is -1.79. The number of piperidine rings is 1. The third-order valence-corrected chi connectivity index (χ3v) is 5.99. The topological polar surface area (TPSA) is 67.5 Å². The number of carbonyl (C=O) groups is 1. The maximum Gasteiger partial charge on any atom is 0.420 e. The van der Waals surface area contributed by atoms with Crippen LogP contribution in [-0.2, 0) is 4.79 Å². The molecule has 6 nitrogen and oxygen atoms in total. The maximum atomic E-state index is 12.4. The number of benzene rings is 1. The zero-order valence-corrected chi connectivity index (χ0v) is 16.2. The molecule has 4 rings (SSSR count). The first kappa shape index (κ1) is 18.6. The Kier molecular flexibility index (Phi) is 5.55. The van der Waals surface area contributed by atoms with Gasteiger partial charge < -0.3 is 9.73 Å². The number of halogens is 1. The average molecular weight is 392 g/mol. The normalized spacial score (nSPS) is 22.2. The van der Waals surface area contributed by atoms with Gasteiger partial charge in [-0.05, 0) is 50.4 Å². The Morgan fingerprint density at radius 2 is 2.00 bits per heavy atom. The largest absolute Gasteiger partial charge is 0.420 e. The minimum Gasteiger partial charge on any atom is -0.408 e. The molecule has 1 aliphatic heterocycles. The molecule has 1 unspecified atom stereocenters. The highest BCUT2D eigenvalue weighted by atomic mass is 35.5. The molecule has 2 aromatic rings. The molecule has 1 atom stereocenters. The number of nitrogens with zero attached hydrogens (tertiary/aromatic N) is 2. The monoisotopic (exact) mass is 391 g/mol. The maximum absolute atomic E-state index is 12.4. The Morgan fingerprint density at radius 1 is 1.19 bits per heavy atom. The molecule has 0 radical (unpaired) electrons. The number of nitrogens with one attached hydrogen (secondary N) is 1. The van der Waals surface area contributed by atoms with Crippen LogP contribution in [0.1, 0.15) is 51.0 Å². The second-order valence-corrected chi connectivity index (χ2v) is 8.22. The van der Waals surface area contributed by atoms with Crippen molar-refractivity contribution in [1.82, 2.24) is 14.8 Å². The molecule has 1 aromatic carbocycles. The van der Waals surface area contributed by atoms with Crippen LogP contribution in [0.15, 0.2) is 27.4 Å². The van der Waals surface area contributed by atoms with E-state index >= 15 is 0 Å². The van der Waals surface area contributed by atoms with Crippen LogP contribution in [0.2, 0.25) is 5.02 Å². The molecular weight excluding hydrogens is 366 g/mol. The molecule has 27 heavy (non-hydrogen) atoms. The number of hydrogen-bond donors (Lipinski definition) is 1. The molecule has 1 saturated heterocycles. The van der Waals surface area contributed by atoms with E-state index in [2.05, 4.69) is 10.2 Å². The number of hydrogen-bond acceptors (Lipinski definition) is 4. The van der Waals surface area contributed by atoms with Crippen molar-refractivity contribution in [3.05, 3.63) is 33.8 Å². The zero-order chi connectivity index (χ0) is 18.8. The lowest BCUT2D eigenvalue weighted by Gasteiger charge is -2.33. The summed E-state index contributed by atoms with van der Waals surface area (Å²) < 4.78 is 7.08. The number of likely N-dealkylation sites (tertiary alicyclic amines) is 1. The molecule has 1 saturated carbocycles. The molecule has 0 spiro atoms. The van der Waals surface area contributed by atoms with Gasteiger partial charge in [0.05, 0.1) is 18.1 Å². The van der Waals surface area contributed by atoms with Gasteiger partial charge in [-0.3, -0.25) is 14.3 Å². The molecule has 2 fully saturated rings. The van der Waals surface area contributed by atoms with E-state index in [0.717, 1.165) is 37.7 Å². The third kappa shape index (κ3) is 4.22. The number of fused-ring (bicyclic) bond motifs is 1. The first-order valence-corrected chi connectivity index (χ1v) is 10.3. The van der Waals surface area contributed by atoms with Gasteiger partial charge in [0.15, 0.2) is 5.58 Å². The van der Waals surface area contributed by atoms with E-state index < -0.39 is 0 Å². The molecule has 1 N–H and O–H groups in total. The quantitative estimate of drug-likeness (QED) is 0.868. The summed E-state index contributed by atoms with van der Waals surface area (Å²) in [5.74, 6) is -0.263. The highest BCUT2D eigenvalue weighted by Crippen LogP contribution is 2.26. The molecule has 2 aliphatic rings. The van der Waals surface area contributed by atoms with Crippen molar-refractivity contribution in [3.63, 3.8) is 0 Å². The summed E-state index contributed by atoms with van der Waals surface area (Å²) in [6.45, 7) is 1.93. The standard InChI is InChI=1S/C20H26ClN3O3/c21-14-8-9-18-17(11-14)24(20(26)27-18)16-7-4-10-23(12-16)13-19(25)22-15-5-2-1-3-6-15/h8-9,11,15-16H,1-7,10,12-13H2,(H,22,25). The van der Waals surface area contributed by atoms with Crippen LogP contribution in [-0.4, -0.2) is 41.1 Å². The number of oxazole rings is 1. The zero-order valence-electron chi connectivity index (χ0n) is 15.5. The summed E-state index contributed by atoms with van der Waals surface area (Å²) in [5, 5.41) is 3.76. The Bertz CT molecular complexity index is 869. The fraction of sp³-hybridized carbons (Fsp3) is 0.600. The number of amides is 1. The van der Waals surface area contributed by atoms with Crippen molar-refractivity contribution < 1.29 is 9.21 Å². The van der Waals surface area contributed by atoms with Gasteiger partial charge in [-0.1, -0.05) is 30.9 Å². The summed E-state index contributed by atoms with van der Waals surface area (Å²) in [5.41, 5.74) is 1.28. The Balaban J connectivity index is 1.44. The van der Waals surface area contributed by atoms with Gasteiger partial charge in [0.1, 0.15) is 0 Å². The number of rotatable bonds is 4. The first-order chi connectivity index (χ1) is 13.1. The van der Waals surface area contributed by atoms with Crippen LogP contribution in [0.25, 0.3) is 11.1 Å². The average Bonchev–Trinajstić information content (AvgIpc) is 2.97. The molecule has 2 heterocycles. The van der Waals surface area contributed by atoms with E-state index in [9.17, 15) is 9.59 Å². The van der Waals surface area contributed by atoms with Gasteiger partial charge in [-0.2, -0.15) is 0 Å². The number of aromatic nitrogens is 1. The Morgan fingerprint density at radius 3 is 2.81 bits per heavy atom. The van der Waals surface area contributed by atoms with Crippen molar-refractivity contribution in [1.29, 1.82) is 0 Å². The van der Waals surface area contributed by atoms with Crippen LogP contribution < -0.4 is 11.1 Å². The van der Waals surface area contributed by atoms with Crippen molar-refractivity contribution in [3.8, 4) is 0 Å². The summed E-state index contributed by atoms with van der Waals surface area (Å²) in [6.07, 6.45) is 7.70. The molecule has 7 heteroatoms. The fourth-order valence-electron chi connectivity index (χ4n) is 4.46. The number of carbonyl (C=O) groups excluding carboxylic acids is 1. The molecule has 1 aromatic heterocycles. The van der Waals surface area contributed by atoms with Crippen molar-refractivity contribution in [2.24, 2.45) is 0 Å². The van der Waals surface area contributed by atoms with Crippen LogP contribution in [0, 0.1) is 0 Å². The summed E-state index contributed by atoms with van der Waals surface area (Å²) in [6, 6.07) is 5.55. The Labute approximate surface area is 163 Å². The summed E-state index contributed by atoms with van der Waals surface area (Å²) in [4.78, 5) is 27.0. The molecule has 1 amide bonds. The lowest BCUT2D eigenvalue weighted by atomic mass is 9.95. The van der Waals surface area contributed by atoms with Crippen LogP contribution in [0.3, 0.4) is 0 Å². The SMILES string of the molecule is O=C(CN1CCCC(n2c(=O)oc3ccc(Cl)cc32)C1)NC1CCCCC1. The van der Waals surface area contributed by atoms with E-state index in [1.165, 1.54) is 19.3 Å². The lowest BCUT2D eigenvalue weighted by Crippen LogP contribution is -2.46.